The van der Waals surface area contributed by atoms with Crippen molar-refractivity contribution >= 4 is 29.2 Å². The Morgan fingerprint density at radius 2 is 1.55 bits per heavy atom. The molecule has 0 bridgehead atoms. The summed E-state index contributed by atoms with van der Waals surface area (Å²) in [6.07, 6.45) is 0.630. The van der Waals surface area contributed by atoms with E-state index in [2.05, 4.69) is 16.0 Å². The number of ether oxygens (including phenoxy) is 1. The van der Waals surface area contributed by atoms with E-state index in [0.717, 1.165) is 5.56 Å². The number of nitrogens with two attached hydrogens (primary N) is 1. The Hall–Kier alpha value is -3.55. The molecule has 0 fully saturated rings. The summed E-state index contributed by atoms with van der Waals surface area (Å²) in [6.45, 7) is 0.668. The molecular formula is C25H27ClN4O3. The van der Waals surface area contributed by atoms with Crippen LogP contribution in [-0.2, 0) is 4.79 Å². The van der Waals surface area contributed by atoms with Crippen LogP contribution in [0.2, 0.25) is 5.02 Å². The predicted molar refractivity (Wildman–Crippen MR) is 131 cm³/mol. The molecule has 0 radical (unpaired) electrons. The lowest BCUT2D eigenvalue weighted by atomic mass is 9.88. The van der Waals surface area contributed by atoms with Gasteiger partial charge in [-0.15, -0.1) is 0 Å². The maximum Gasteiger partial charge on any atom is 0.319 e. The summed E-state index contributed by atoms with van der Waals surface area (Å²) in [6, 6.07) is 22.1. The van der Waals surface area contributed by atoms with E-state index in [4.69, 9.17) is 22.1 Å². The van der Waals surface area contributed by atoms with E-state index < -0.39 is 18.0 Å². The molecule has 3 aromatic carbocycles. The number of nitrogens with one attached hydrogen (secondary N) is 3. The molecule has 8 heteroatoms. The van der Waals surface area contributed by atoms with Crippen LogP contribution in [0.25, 0.3) is 0 Å². The molecule has 0 saturated carbocycles. The van der Waals surface area contributed by atoms with Crippen molar-refractivity contribution in [1.82, 2.24) is 10.6 Å². The van der Waals surface area contributed by atoms with Crippen LogP contribution in [0, 0.1) is 0 Å². The number of urea groups is 1. The van der Waals surface area contributed by atoms with Gasteiger partial charge in [-0.1, -0.05) is 41.9 Å². The van der Waals surface area contributed by atoms with Gasteiger partial charge in [-0.2, -0.15) is 0 Å². The van der Waals surface area contributed by atoms with E-state index >= 15 is 0 Å². The highest BCUT2D eigenvalue weighted by Gasteiger charge is 2.29. The van der Waals surface area contributed by atoms with Crippen LogP contribution < -0.4 is 26.4 Å². The number of rotatable bonds is 10. The maximum atomic E-state index is 12.7. The molecule has 0 aliphatic carbocycles. The average Bonchev–Trinajstić information content (AvgIpc) is 2.82. The van der Waals surface area contributed by atoms with Crippen molar-refractivity contribution < 1.29 is 14.3 Å². The van der Waals surface area contributed by atoms with Gasteiger partial charge in [0.2, 0.25) is 5.91 Å². The minimum atomic E-state index is -0.867. The third kappa shape index (κ3) is 7.24. The summed E-state index contributed by atoms with van der Waals surface area (Å²) >= 11 is 5.88. The Bertz CT molecular complexity index is 1040. The Balaban J connectivity index is 1.65. The van der Waals surface area contributed by atoms with Gasteiger partial charge in [0.15, 0.2) is 0 Å². The summed E-state index contributed by atoms with van der Waals surface area (Å²) in [5, 5.41) is 9.19. The fraction of sp³-hybridized carbons (Fsp3) is 0.200. The van der Waals surface area contributed by atoms with Crippen molar-refractivity contribution in [3.05, 3.63) is 89.4 Å². The fourth-order valence-electron chi connectivity index (χ4n) is 3.45. The minimum absolute atomic E-state index is 0.267. The second-order valence-electron chi connectivity index (χ2n) is 7.47. The van der Waals surface area contributed by atoms with Crippen molar-refractivity contribution in [2.24, 2.45) is 5.73 Å². The fourth-order valence-corrected chi connectivity index (χ4v) is 3.58. The lowest BCUT2D eigenvalue weighted by molar-refractivity contribution is -0.120. The number of halogens is 1. The molecular weight excluding hydrogens is 440 g/mol. The number of benzene rings is 3. The van der Waals surface area contributed by atoms with Crippen LogP contribution in [0.1, 0.15) is 17.9 Å². The van der Waals surface area contributed by atoms with E-state index in [-0.39, 0.29) is 5.92 Å². The number of anilines is 1. The third-order valence-electron chi connectivity index (χ3n) is 5.09. The molecule has 7 nitrogen and oxygen atoms in total. The summed E-state index contributed by atoms with van der Waals surface area (Å²) in [7, 11) is 1.84. The zero-order valence-electron chi connectivity index (χ0n) is 18.3. The van der Waals surface area contributed by atoms with Crippen molar-refractivity contribution in [3.63, 3.8) is 0 Å². The lowest BCUT2D eigenvalue weighted by Crippen LogP contribution is -2.50. The van der Waals surface area contributed by atoms with Gasteiger partial charge >= 0.3 is 6.03 Å². The van der Waals surface area contributed by atoms with E-state index in [1.807, 2.05) is 37.4 Å². The topological polar surface area (TPSA) is 105 Å². The molecule has 3 rings (SSSR count). The zero-order valence-corrected chi connectivity index (χ0v) is 19.0. The smallest absolute Gasteiger partial charge is 0.319 e. The highest BCUT2D eigenvalue weighted by atomic mass is 35.5. The average molecular weight is 467 g/mol. The van der Waals surface area contributed by atoms with E-state index in [1.165, 1.54) is 0 Å². The van der Waals surface area contributed by atoms with E-state index in [0.29, 0.717) is 35.2 Å². The van der Waals surface area contributed by atoms with Gasteiger partial charge in [-0.3, -0.25) is 4.79 Å². The second kappa shape index (κ2) is 11.9. The summed E-state index contributed by atoms with van der Waals surface area (Å²) in [4.78, 5) is 24.9. The van der Waals surface area contributed by atoms with Gasteiger partial charge < -0.3 is 26.4 Å². The van der Waals surface area contributed by atoms with E-state index in [9.17, 15) is 9.59 Å². The van der Waals surface area contributed by atoms with Gasteiger partial charge in [0.1, 0.15) is 17.5 Å². The van der Waals surface area contributed by atoms with Crippen LogP contribution in [0.5, 0.6) is 11.5 Å². The summed E-state index contributed by atoms with van der Waals surface area (Å²) in [5.74, 6) is 0.393. The van der Waals surface area contributed by atoms with E-state index in [1.54, 1.807) is 48.5 Å². The molecule has 0 aromatic heterocycles. The number of hydrogen-bond acceptors (Lipinski definition) is 4. The molecule has 3 aromatic rings. The monoisotopic (exact) mass is 466 g/mol. The molecule has 0 aliphatic heterocycles. The van der Waals surface area contributed by atoms with Crippen molar-refractivity contribution in [2.45, 2.75) is 18.4 Å². The molecule has 0 aliphatic rings. The highest BCUT2D eigenvalue weighted by Crippen LogP contribution is 2.25. The molecule has 3 amide bonds. The number of primary amides is 1. The Morgan fingerprint density at radius 1 is 0.939 bits per heavy atom. The third-order valence-corrected chi connectivity index (χ3v) is 5.34. The molecule has 0 heterocycles. The summed E-state index contributed by atoms with van der Waals surface area (Å²) < 4.78 is 5.75. The van der Waals surface area contributed by atoms with Gasteiger partial charge in [0.25, 0.3) is 0 Å². The highest BCUT2D eigenvalue weighted by molar-refractivity contribution is 6.30. The first-order valence-electron chi connectivity index (χ1n) is 10.6. The van der Waals surface area contributed by atoms with Gasteiger partial charge in [-0.05, 0) is 74.1 Å². The standard InChI is InChI=1S/C25H27ClN4O3/c1-28-16-15-22(17-5-3-2-4-6-17)23(24(27)31)30-25(32)29-19-9-13-21(14-10-19)33-20-11-7-18(26)8-12-20/h2-14,22-23,28H,15-16H2,1H3,(H2,27,31)(H2,29,30,32). The van der Waals surface area contributed by atoms with Gasteiger partial charge in [0.05, 0.1) is 0 Å². The Kier molecular flexibility index (Phi) is 8.69. The summed E-state index contributed by atoms with van der Waals surface area (Å²) in [5.41, 5.74) is 7.14. The van der Waals surface area contributed by atoms with Crippen LogP contribution in [-0.4, -0.2) is 31.6 Å². The number of carbonyl (C=O) groups excluding carboxylic acids is 2. The lowest BCUT2D eigenvalue weighted by Gasteiger charge is -2.26. The quantitative estimate of drug-likeness (QED) is 0.353. The zero-order chi connectivity index (χ0) is 23.6. The second-order valence-corrected chi connectivity index (χ2v) is 7.90. The molecule has 0 spiro atoms. The maximum absolute atomic E-state index is 12.7. The largest absolute Gasteiger partial charge is 0.457 e. The molecule has 172 valence electrons. The van der Waals surface area contributed by atoms with Gasteiger partial charge in [0, 0.05) is 16.6 Å². The SMILES string of the molecule is CNCCC(c1ccccc1)C(NC(=O)Nc1ccc(Oc2ccc(Cl)cc2)cc1)C(N)=O. The van der Waals surface area contributed by atoms with Crippen LogP contribution in [0.4, 0.5) is 10.5 Å². The number of amides is 3. The Morgan fingerprint density at radius 3 is 2.12 bits per heavy atom. The van der Waals surface area contributed by atoms with Crippen molar-refractivity contribution in [3.8, 4) is 11.5 Å². The normalized spacial score (nSPS) is 12.4. The van der Waals surface area contributed by atoms with Crippen LogP contribution in [0.3, 0.4) is 0 Å². The molecule has 2 unspecified atom stereocenters. The molecule has 33 heavy (non-hydrogen) atoms. The Labute approximate surface area is 198 Å². The minimum Gasteiger partial charge on any atom is -0.457 e. The van der Waals surface area contributed by atoms with Crippen molar-refractivity contribution in [2.75, 3.05) is 18.9 Å². The number of hydrogen-bond donors (Lipinski definition) is 4. The van der Waals surface area contributed by atoms with Crippen molar-refractivity contribution in [1.29, 1.82) is 0 Å². The molecule has 2 atom stereocenters. The first kappa shape index (κ1) is 24.1. The van der Waals surface area contributed by atoms with Gasteiger partial charge in [-0.25, -0.2) is 4.79 Å². The first-order valence-corrected chi connectivity index (χ1v) is 10.9. The number of carbonyl (C=O) groups is 2. The predicted octanol–water partition coefficient (Wildman–Crippen LogP) is 4.50. The van der Waals surface area contributed by atoms with Crippen LogP contribution in [0.15, 0.2) is 78.9 Å². The first-order chi connectivity index (χ1) is 16.0. The van der Waals surface area contributed by atoms with Crippen LogP contribution >= 0.6 is 11.6 Å². The molecule has 0 saturated heterocycles. The molecule has 5 N–H and O–H groups in total.